The quantitative estimate of drug-likeness (QED) is 0.263. The summed E-state index contributed by atoms with van der Waals surface area (Å²) in [5.41, 5.74) is 1.75. The predicted molar refractivity (Wildman–Crippen MR) is 170 cm³/mol. The van der Waals surface area contributed by atoms with Crippen molar-refractivity contribution in [2.24, 2.45) is 11.8 Å². The lowest BCUT2D eigenvalue weighted by Crippen LogP contribution is -2.56. The standard InChI is InChI=1S/C34H46ClN3O4/c1-11-25-17-19-26(20-18-25)30(31(39)36-29-23(6)13-12-14-27(29)35)38(24(7)16-15-21(2)3)32(40)28(22(4)5)37-33(41)42-34(8,9)10/h1,12-14,17-22,24,28,30H,15-16H2,2-10H3,(H,36,39)(H,37,41). The van der Waals surface area contributed by atoms with Gasteiger partial charge in [0.1, 0.15) is 17.7 Å². The zero-order valence-corrected chi connectivity index (χ0v) is 27.1. The molecule has 2 N–H and O–H groups in total. The first-order chi connectivity index (χ1) is 19.5. The number of nitrogens with zero attached hydrogens (tertiary/aromatic N) is 1. The second-order valence-electron chi connectivity index (χ2n) is 12.5. The summed E-state index contributed by atoms with van der Waals surface area (Å²) in [6, 6.07) is 10.1. The van der Waals surface area contributed by atoms with Crippen molar-refractivity contribution >= 4 is 35.2 Å². The smallest absolute Gasteiger partial charge is 0.408 e. The first-order valence-corrected chi connectivity index (χ1v) is 14.9. The molecule has 0 aliphatic heterocycles. The van der Waals surface area contributed by atoms with Crippen molar-refractivity contribution in [1.29, 1.82) is 0 Å². The number of para-hydroxylation sites is 1. The normalized spacial score (nSPS) is 13.6. The summed E-state index contributed by atoms with van der Waals surface area (Å²) in [6.07, 6.45) is 6.39. The lowest BCUT2D eigenvalue weighted by molar-refractivity contribution is -0.144. The van der Waals surface area contributed by atoms with Crippen molar-refractivity contribution in [3.63, 3.8) is 0 Å². The van der Waals surface area contributed by atoms with Crippen molar-refractivity contribution in [1.82, 2.24) is 10.2 Å². The van der Waals surface area contributed by atoms with Crippen molar-refractivity contribution in [3.8, 4) is 12.3 Å². The molecule has 2 aromatic rings. The van der Waals surface area contributed by atoms with Gasteiger partial charge in [-0.3, -0.25) is 9.59 Å². The average Bonchev–Trinajstić information content (AvgIpc) is 2.89. The molecule has 8 heteroatoms. The molecule has 0 saturated heterocycles. The largest absolute Gasteiger partial charge is 0.444 e. The molecule has 0 radical (unpaired) electrons. The van der Waals surface area contributed by atoms with Crippen molar-refractivity contribution in [3.05, 3.63) is 64.2 Å². The number of carbonyl (C=O) groups is 3. The lowest BCUT2D eigenvalue weighted by atomic mass is 9.94. The Bertz CT molecular complexity index is 1250. The number of hydrogen-bond donors (Lipinski definition) is 2. The van der Waals surface area contributed by atoms with Crippen LogP contribution >= 0.6 is 11.6 Å². The Balaban J connectivity index is 2.68. The third-order valence-corrected chi connectivity index (χ3v) is 7.20. The number of halogens is 1. The second-order valence-corrected chi connectivity index (χ2v) is 12.9. The topological polar surface area (TPSA) is 87.7 Å². The Morgan fingerprint density at radius 2 is 1.62 bits per heavy atom. The maximum absolute atomic E-state index is 14.5. The van der Waals surface area contributed by atoms with E-state index in [4.69, 9.17) is 22.8 Å². The fraction of sp³-hybridized carbons (Fsp3) is 0.500. The van der Waals surface area contributed by atoms with Gasteiger partial charge in [-0.05, 0) is 88.6 Å². The van der Waals surface area contributed by atoms with Gasteiger partial charge in [0.2, 0.25) is 5.91 Å². The molecule has 0 aliphatic rings. The Labute approximate surface area is 256 Å². The molecular weight excluding hydrogens is 550 g/mol. The first kappa shape index (κ1) is 34.7. The highest BCUT2D eigenvalue weighted by Gasteiger charge is 2.40. The fourth-order valence-electron chi connectivity index (χ4n) is 4.60. The van der Waals surface area contributed by atoms with E-state index < -0.39 is 29.7 Å². The van der Waals surface area contributed by atoms with Crippen LogP contribution in [0.5, 0.6) is 0 Å². The summed E-state index contributed by atoms with van der Waals surface area (Å²) in [4.78, 5) is 43.2. The third kappa shape index (κ3) is 9.80. The Hall–Kier alpha value is -3.50. The van der Waals surface area contributed by atoms with E-state index >= 15 is 0 Å². The van der Waals surface area contributed by atoms with E-state index in [1.807, 2.05) is 39.8 Å². The van der Waals surface area contributed by atoms with Crippen molar-refractivity contribution in [2.75, 3.05) is 5.32 Å². The zero-order valence-electron chi connectivity index (χ0n) is 26.4. The summed E-state index contributed by atoms with van der Waals surface area (Å²) in [7, 11) is 0. The highest BCUT2D eigenvalue weighted by molar-refractivity contribution is 6.34. The van der Waals surface area contributed by atoms with Gasteiger partial charge in [0.05, 0.1) is 10.7 Å². The molecule has 0 aromatic heterocycles. The lowest BCUT2D eigenvalue weighted by Gasteiger charge is -2.39. The number of aryl methyl sites for hydroxylation is 1. The van der Waals surface area contributed by atoms with E-state index in [0.717, 1.165) is 12.0 Å². The molecule has 0 aliphatic carbocycles. The number of alkyl carbamates (subject to hydrolysis) is 1. The van der Waals surface area contributed by atoms with Crippen LogP contribution in [0.4, 0.5) is 10.5 Å². The summed E-state index contributed by atoms with van der Waals surface area (Å²) >= 11 is 6.48. The Kier molecular flexibility index (Phi) is 12.5. The predicted octanol–water partition coefficient (Wildman–Crippen LogP) is 7.51. The minimum Gasteiger partial charge on any atom is -0.444 e. The number of anilines is 1. The molecule has 42 heavy (non-hydrogen) atoms. The van der Waals surface area contributed by atoms with Crippen LogP contribution in [-0.4, -0.2) is 40.5 Å². The van der Waals surface area contributed by atoms with E-state index in [1.165, 1.54) is 0 Å². The SMILES string of the molecule is C#Cc1ccc(C(C(=O)Nc2c(C)cccc2Cl)N(C(=O)C(NC(=O)OC(C)(C)C)C(C)C)C(C)CCC(C)C)cc1. The van der Waals surface area contributed by atoms with Gasteiger partial charge in [-0.2, -0.15) is 0 Å². The molecule has 228 valence electrons. The molecule has 7 nitrogen and oxygen atoms in total. The molecule has 3 amide bonds. The molecule has 0 saturated carbocycles. The van der Waals surface area contributed by atoms with Crippen molar-refractivity contribution in [2.45, 2.75) is 98.9 Å². The molecule has 0 spiro atoms. The molecule has 2 rings (SSSR count). The number of ether oxygens (including phenoxy) is 1. The highest BCUT2D eigenvalue weighted by atomic mass is 35.5. The van der Waals surface area contributed by atoms with Crippen LogP contribution in [0.15, 0.2) is 42.5 Å². The van der Waals surface area contributed by atoms with Gasteiger partial charge in [0, 0.05) is 11.6 Å². The van der Waals surface area contributed by atoms with Gasteiger partial charge in [-0.1, -0.05) is 69.5 Å². The van der Waals surface area contributed by atoms with Crippen LogP contribution in [0.3, 0.4) is 0 Å². The van der Waals surface area contributed by atoms with E-state index in [2.05, 4.69) is 30.4 Å². The second kappa shape index (κ2) is 15.1. The van der Waals surface area contributed by atoms with E-state index in [-0.39, 0.29) is 17.9 Å². The molecule has 0 bridgehead atoms. The monoisotopic (exact) mass is 595 g/mol. The van der Waals surface area contributed by atoms with Gasteiger partial charge in [0.25, 0.3) is 5.91 Å². The average molecular weight is 596 g/mol. The number of nitrogens with one attached hydrogen (secondary N) is 2. The van der Waals surface area contributed by atoms with Gasteiger partial charge in [-0.15, -0.1) is 6.42 Å². The van der Waals surface area contributed by atoms with Crippen LogP contribution in [0, 0.1) is 31.1 Å². The van der Waals surface area contributed by atoms with Crippen LogP contribution in [0.2, 0.25) is 5.02 Å². The number of terminal acetylenes is 1. The third-order valence-electron chi connectivity index (χ3n) is 6.89. The molecule has 3 unspecified atom stereocenters. The van der Waals surface area contributed by atoms with Crippen LogP contribution in [-0.2, 0) is 14.3 Å². The first-order valence-electron chi connectivity index (χ1n) is 14.5. The number of benzene rings is 2. The summed E-state index contributed by atoms with van der Waals surface area (Å²) < 4.78 is 5.48. The van der Waals surface area contributed by atoms with E-state index in [9.17, 15) is 14.4 Å². The molecule has 0 fully saturated rings. The van der Waals surface area contributed by atoms with Crippen LogP contribution < -0.4 is 10.6 Å². The van der Waals surface area contributed by atoms with Gasteiger partial charge >= 0.3 is 6.09 Å². The summed E-state index contributed by atoms with van der Waals surface area (Å²) in [5, 5.41) is 6.15. The van der Waals surface area contributed by atoms with Crippen LogP contribution in [0.1, 0.15) is 91.0 Å². The van der Waals surface area contributed by atoms with E-state index in [1.54, 1.807) is 56.0 Å². The van der Waals surface area contributed by atoms with Crippen LogP contribution in [0.25, 0.3) is 0 Å². The van der Waals surface area contributed by atoms with Gasteiger partial charge < -0.3 is 20.3 Å². The number of carbonyl (C=O) groups excluding carboxylic acids is 3. The maximum atomic E-state index is 14.5. The Morgan fingerprint density at radius 3 is 2.12 bits per heavy atom. The number of rotatable bonds is 11. The summed E-state index contributed by atoms with van der Waals surface area (Å²) in [6.45, 7) is 17.0. The molecule has 3 atom stereocenters. The molecular formula is C34H46ClN3O4. The van der Waals surface area contributed by atoms with E-state index in [0.29, 0.717) is 34.2 Å². The minimum atomic E-state index is -1.04. The van der Waals surface area contributed by atoms with Crippen molar-refractivity contribution < 1.29 is 19.1 Å². The van der Waals surface area contributed by atoms with Gasteiger partial charge in [0.15, 0.2) is 0 Å². The number of hydrogen-bond acceptors (Lipinski definition) is 4. The van der Waals surface area contributed by atoms with Gasteiger partial charge in [-0.25, -0.2) is 4.79 Å². The molecule has 0 heterocycles. The molecule has 2 aromatic carbocycles. The Morgan fingerprint density at radius 1 is 1.00 bits per heavy atom. The minimum absolute atomic E-state index is 0.289. The fourth-order valence-corrected chi connectivity index (χ4v) is 4.87. The highest BCUT2D eigenvalue weighted by Crippen LogP contribution is 2.32. The number of amides is 3. The maximum Gasteiger partial charge on any atom is 0.408 e. The summed E-state index contributed by atoms with van der Waals surface area (Å²) in [5.74, 6) is 1.88. The zero-order chi connectivity index (χ0) is 31.8.